The highest BCUT2D eigenvalue weighted by molar-refractivity contribution is 8.01. The van der Waals surface area contributed by atoms with Crippen LogP contribution in [-0.2, 0) is 16.1 Å². The SMILES string of the molecule is Cc1cc(NC(=O)C(C)SCC(=O)NCc2ccc(-c3ccn[nH]3)cc2)no1. The molecule has 2 amide bonds. The summed E-state index contributed by atoms with van der Waals surface area (Å²) in [5.41, 5.74) is 2.97. The van der Waals surface area contributed by atoms with Crippen molar-refractivity contribution in [1.82, 2.24) is 20.7 Å². The molecule has 146 valence electrons. The van der Waals surface area contributed by atoms with E-state index in [4.69, 9.17) is 4.52 Å². The molecule has 2 aromatic heterocycles. The number of hydrogen-bond acceptors (Lipinski definition) is 6. The minimum Gasteiger partial charge on any atom is -0.360 e. The van der Waals surface area contributed by atoms with Crippen molar-refractivity contribution < 1.29 is 14.1 Å². The lowest BCUT2D eigenvalue weighted by atomic mass is 10.1. The van der Waals surface area contributed by atoms with Gasteiger partial charge in [-0.1, -0.05) is 29.4 Å². The molecule has 0 saturated carbocycles. The first kappa shape index (κ1) is 19.7. The number of rotatable bonds is 8. The maximum Gasteiger partial charge on any atom is 0.238 e. The number of carbonyl (C=O) groups is 2. The van der Waals surface area contributed by atoms with E-state index in [0.717, 1.165) is 16.8 Å². The van der Waals surface area contributed by atoms with Crippen LogP contribution in [0.15, 0.2) is 47.1 Å². The number of hydrogen-bond donors (Lipinski definition) is 3. The van der Waals surface area contributed by atoms with E-state index in [2.05, 4.69) is 26.0 Å². The molecule has 0 spiro atoms. The summed E-state index contributed by atoms with van der Waals surface area (Å²) in [6.07, 6.45) is 1.70. The average Bonchev–Trinajstić information content (AvgIpc) is 3.37. The lowest BCUT2D eigenvalue weighted by Crippen LogP contribution is -2.28. The van der Waals surface area contributed by atoms with Crippen molar-refractivity contribution in [2.24, 2.45) is 0 Å². The standard InChI is InChI=1S/C19H21N5O3S/c1-12-9-17(24-27-12)22-19(26)13(2)28-11-18(25)20-10-14-3-5-15(6-4-14)16-7-8-21-23-16/h3-9,13H,10-11H2,1-2H3,(H,20,25)(H,21,23)(H,22,24,26). The van der Waals surface area contributed by atoms with Gasteiger partial charge in [-0.2, -0.15) is 5.10 Å². The molecule has 0 bridgehead atoms. The molecule has 0 fully saturated rings. The third-order valence-electron chi connectivity index (χ3n) is 3.97. The fraction of sp³-hybridized carbons (Fsp3) is 0.263. The summed E-state index contributed by atoms with van der Waals surface area (Å²) in [5, 5.41) is 15.7. The average molecular weight is 399 g/mol. The fourth-order valence-corrected chi connectivity index (χ4v) is 3.11. The largest absolute Gasteiger partial charge is 0.360 e. The Balaban J connectivity index is 1.39. The summed E-state index contributed by atoms with van der Waals surface area (Å²) < 4.78 is 4.91. The number of aryl methyl sites for hydroxylation is 1. The van der Waals surface area contributed by atoms with Gasteiger partial charge in [-0.3, -0.25) is 14.7 Å². The Labute approximate surface area is 166 Å². The number of anilines is 1. The topological polar surface area (TPSA) is 113 Å². The van der Waals surface area contributed by atoms with E-state index >= 15 is 0 Å². The predicted octanol–water partition coefficient (Wildman–Crippen LogP) is 2.75. The third kappa shape index (κ3) is 5.46. The van der Waals surface area contributed by atoms with Crippen molar-refractivity contribution in [2.45, 2.75) is 25.6 Å². The monoisotopic (exact) mass is 399 g/mol. The second-order valence-corrected chi connectivity index (χ2v) is 7.54. The molecule has 1 atom stereocenters. The first-order valence-electron chi connectivity index (χ1n) is 8.72. The summed E-state index contributed by atoms with van der Waals surface area (Å²) in [4.78, 5) is 24.1. The van der Waals surface area contributed by atoms with E-state index in [0.29, 0.717) is 18.1 Å². The first-order valence-corrected chi connectivity index (χ1v) is 9.77. The molecule has 3 N–H and O–H groups in total. The van der Waals surface area contributed by atoms with Crippen molar-refractivity contribution >= 4 is 29.4 Å². The number of carbonyl (C=O) groups excluding carboxylic acids is 2. The number of benzene rings is 1. The predicted molar refractivity (Wildman–Crippen MR) is 108 cm³/mol. The Kier molecular flexibility index (Phi) is 6.49. The molecule has 2 heterocycles. The molecule has 8 nitrogen and oxygen atoms in total. The number of thioether (sulfide) groups is 1. The van der Waals surface area contributed by atoms with Crippen LogP contribution in [0.25, 0.3) is 11.3 Å². The van der Waals surface area contributed by atoms with Crippen LogP contribution < -0.4 is 10.6 Å². The molecule has 0 radical (unpaired) electrons. The van der Waals surface area contributed by atoms with Crippen molar-refractivity contribution in [2.75, 3.05) is 11.1 Å². The molecule has 1 aromatic carbocycles. The second kappa shape index (κ2) is 9.23. The van der Waals surface area contributed by atoms with Crippen LogP contribution in [0.1, 0.15) is 18.2 Å². The van der Waals surface area contributed by atoms with Crippen LogP contribution >= 0.6 is 11.8 Å². The molecule has 28 heavy (non-hydrogen) atoms. The van der Waals surface area contributed by atoms with E-state index in [-0.39, 0.29) is 17.6 Å². The van der Waals surface area contributed by atoms with Crippen LogP contribution in [0.4, 0.5) is 5.82 Å². The Morgan fingerprint density at radius 2 is 2.04 bits per heavy atom. The number of amides is 2. The van der Waals surface area contributed by atoms with Crippen LogP contribution in [0, 0.1) is 6.92 Å². The Morgan fingerprint density at radius 3 is 2.68 bits per heavy atom. The molecule has 9 heteroatoms. The minimum absolute atomic E-state index is 0.125. The lowest BCUT2D eigenvalue weighted by Gasteiger charge is -2.11. The highest BCUT2D eigenvalue weighted by Crippen LogP contribution is 2.17. The van der Waals surface area contributed by atoms with Gasteiger partial charge in [0.15, 0.2) is 5.82 Å². The van der Waals surface area contributed by atoms with Crippen molar-refractivity contribution in [1.29, 1.82) is 0 Å². The van der Waals surface area contributed by atoms with Gasteiger partial charge < -0.3 is 15.2 Å². The number of H-pyrrole nitrogens is 1. The normalized spacial score (nSPS) is 11.8. The molecular formula is C19H21N5O3S. The smallest absolute Gasteiger partial charge is 0.238 e. The van der Waals surface area contributed by atoms with Crippen LogP contribution in [0.2, 0.25) is 0 Å². The molecular weight excluding hydrogens is 378 g/mol. The molecule has 3 aromatic rings. The van der Waals surface area contributed by atoms with Crippen molar-refractivity contribution in [3.63, 3.8) is 0 Å². The highest BCUT2D eigenvalue weighted by Gasteiger charge is 2.16. The number of aromatic nitrogens is 3. The van der Waals surface area contributed by atoms with E-state index in [1.54, 1.807) is 26.1 Å². The molecule has 1 unspecified atom stereocenters. The van der Waals surface area contributed by atoms with Gasteiger partial charge in [0.05, 0.1) is 16.7 Å². The number of nitrogens with zero attached hydrogens (tertiary/aromatic N) is 2. The maximum absolute atomic E-state index is 12.1. The molecule has 0 aliphatic heterocycles. The minimum atomic E-state index is -0.392. The summed E-state index contributed by atoms with van der Waals surface area (Å²) in [5.74, 6) is 0.837. The summed E-state index contributed by atoms with van der Waals surface area (Å²) in [6.45, 7) is 3.92. The van der Waals surface area contributed by atoms with Gasteiger partial charge in [-0.05, 0) is 31.0 Å². The van der Waals surface area contributed by atoms with Crippen LogP contribution in [-0.4, -0.2) is 38.2 Å². The highest BCUT2D eigenvalue weighted by atomic mass is 32.2. The lowest BCUT2D eigenvalue weighted by molar-refractivity contribution is -0.118. The third-order valence-corrected chi connectivity index (χ3v) is 5.11. The van der Waals surface area contributed by atoms with Crippen LogP contribution in [0.3, 0.4) is 0 Å². The van der Waals surface area contributed by atoms with Gasteiger partial charge in [0, 0.05) is 18.8 Å². The Morgan fingerprint density at radius 1 is 1.25 bits per heavy atom. The number of aromatic amines is 1. The van der Waals surface area contributed by atoms with E-state index in [1.807, 2.05) is 30.3 Å². The zero-order chi connectivity index (χ0) is 19.9. The van der Waals surface area contributed by atoms with Crippen LogP contribution in [0.5, 0.6) is 0 Å². The number of nitrogens with one attached hydrogen (secondary N) is 3. The van der Waals surface area contributed by atoms with Crippen molar-refractivity contribution in [3.05, 3.63) is 53.9 Å². The molecule has 0 saturated heterocycles. The zero-order valence-electron chi connectivity index (χ0n) is 15.6. The molecule has 0 aliphatic carbocycles. The Bertz CT molecular complexity index is 921. The van der Waals surface area contributed by atoms with Gasteiger partial charge >= 0.3 is 0 Å². The van der Waals surface area contributed by atoms with Gasteiger partial charge in [0.2, 0.25) is 11.8 Å². The van der Waals surface area contributed by atoms with Gasteiger partial charge in [-0.25, -0.2) is 0 Å². The van der Waals surface area contributed by atoms with E-state index in [9.17, 15) is 9.59 Å². The first-order chi connectivity index (χ1) is 13.5. The maximum atomic E-state index is 12.1. The van der Waals surface area contributed by atoms with E-state index < -0.39 is 5.25 Å². The van der Waals surface area contributed by atoms with Crippen molar-refractivity contribution in [3.8, 4) is 11.3 Å². The summed E-state index contributed by atoms with van der Waals surface area (Å²) in [7, 11) is 0. The zero-order valence-corrected chi connectivity index (χ0v) is 16.4. The quantitative estimate of drug-likeness (QED) is 0.537. The fourth-order valence-electron chi connectivity index (χ4n) is 2.40. The summed E-state index contributed by atoms with van der Waals surface area (Å²) in [6, 6.07) is 11.4. The summed E-state index contributed by atoms with van der Waals surface area (Å²) >= 11 is 1.26. The van der Waals surface area contributed by atoms with Gasteiger partial charge in [0.1, 0.15) is 5.76 Å². The molecule has 0 aliphatic rings. The van der Waals surface area contributed by atoms with Gasteiger partial charge in [0.25, 0.3) is 0 Å². The molecule has 3 rings (SSSR count). The Hall–Kier alpha value is -3.07. The van der Waals surface area contributed by atoms with E-state index in [1.165, 1.54) is 11.8 Å². The second-order valence-electron chi connectivity index (χ2n) is 6.21. The van der Waals surface area contributed by atoms with Gasteiger partial charge in [-0.15, -0.1) is 11.8 Å².